The smallest absolute Gasteiger partial charge is 0.0465 e. The Balaban J connectivity index is 0.00000162. The van der Waals surface area contributed by atoms with E-state index in [1.54, 1.807) is 0 Å². The molecule has 0 amide bonds. The third-order valence-corrected chi connectivity index (χ3v) is 3.91. The molecular formula is C13H19Cl3N2. The van der Waals surface area contributed by atoms with E-state index in [4.69, 9.17) is 23.2 Å². The molecule has 1 saturated heterocycles. The van der Waals surface area contributed by atoms with Crippen LogP contribution >= 0.6 is 35.6 Å². The van der Waals surface area contributed by atoms with Crippen molar-refractivity contribution in [2.75, 3.05) is 20.1 Å². The fourth-order valence-electron chi connectivity index (χ4n) is 2.44. The molecule has 1 aromatic carbocycles. The van der Waals surface area contributed by atoms with Crippen molar-refractivity contribution in [1.82, 2.24) is 10.2 Å². The third kappa shape index (κ3) is 4.01. The summed E-state index contributed by atoms with van der Waals surface area (Å²) in [6.07, 6.45) is 2.55. The van der Waals surface area contributed by atoms with Crippen LogP contribution in [0.3, 0.4) is 0 Å². The van der Waals surface area contributed by atoms with E-state index >= 15 is 0 Å². The number of likely N-dealkylation sites (tertiary alicyclic amines) is 1. The second-order valence-electron chi connectivity index (χ2n) is 4.56. The van der Waals surface area contributed by atoms with Crippen LogP contribution < -0.4 is 5.32 Å². The number of benzene rings is 1. The van der Waals surface area contributed by atoms with E-state index in [1.165, 1.54) is 18.4 Å². The number of hydrogen-bond donors (Lipinski definition) is 1. The molecule has 1 fully saturated rings. The highest BCUT2D eigenvalue weighted by Gasteiger charge is 2.24. The van der Waals surface area contributed by atoms with Gasteiger partial charge < -0.3 is 5.32 Å². The molecule has 0 saturated carbocycles. The molecule has 1 aliphatic rings. The number of nitrogens with one attached hydrogen (secondary N) is 1. The minimum absolute atomic E-state index is 0. The molecule has 1 aliphatic heterocycles. The van der Waals surface area contributed by atoms with Gasteiger partial charge in [-0.15, -0.1) is 12.4 Å². The molecule has 1 aromatic rings. The molecule has 1 heterocycles. The van der Waals surface area contributed by atoms with Crippen molar-refractivity contribution in [2.45, 2.75) is 25.4 Å². The Kier molecular flexibility index (Phi) is 6.75. The predicted octanol–water partition coefficient (Wildman–Crippen LogP) is 3.60. The largest absolute Gasteiger partial charge is 0.318 e. The maximum absolute atomic E-state index is 6.21. The first-order valence-electron chi connectivity index (χ1n) is 6.03. The zero-order chi connectivity index (χ0) is 12.3. The molecule has 102 valence electrons. The molecule has 0 bridgehead atoms. The Morgan fingerprint density at radius 2 is 2.17 bits per heavy atom. The van der Waals surface area contributed by atoms with Crippen molar-refractivity contribution in [1.29, 1.82) is 0 Å². The summed E-state index contributed by atoms with van der Waals surface area (Å²) in [6, 6.07) is 6.39. The van der Waals surface area contributed by atoms with Gasteiger partial charge in [0.1, 0.15) is 0 Å². The highest BCUT2D eigenvalue weighted by atomic mass is 35.5. The van der Waals surface area contributed by atoms with Crippen molar-refractivity contribution in [3.05, 3.63) is 33.8 Å². The van der Waals surface area contributed by atoms with Gasteiger partial charge in [0.2, 0.25) is 0 Å². The summed E-state index contributed by atoms with van der Waals surface area (Å²) in [4.78, 5) is 2.49. The minimum Gasteiger partial charge on any atom is -0.318 e. The van der Waals surface area contributed by atoms with Crippen LogP contribution in [0.5, 0.6) is 0 Å². The van der Waals surface area contributed by atoms with Crippen LogP contribution in [0.2, 0.25) is 10.0 Å². The SMILES string of the molecule is CNCC1CCCN1Cc1ccc(Cl)cc1Cl.Cl. The Bertz CT molecular complexity index is 384. The van der Waals surface area contributed by atoms with Crippen LogP contribution in [-0.4, -0.2) is 31.1 Å². The number of halogens is 3. The molecule has 1 atom stereocenters. The van der Waals surface area contributed by atoms with Gasteiger partial charge >= 0.3 is 0 Å². The average molecular weight is 310 g/mol. The lowest BCUT2D eigenvalue weighted by Crippen LogP contribution is -2.36. The second-order valence-corrected chi connectivity index (χ2v) is 5.40. The quantitative estimate of drug-likeness (QED) is 0.914. The summed E-state index contributed by atoms with van der Waals surface area (Å²) in [5.41, 5.74) is 1.17. The number of rotatable bonds is 4. The van der Waals surface area contributed by atoms with Crippen LogP contribution in [0.4, 0.5) is 0 Å². The molecule has 0 radical (unpaired) electrons. The zero-order valence-electron chi connectivity index (χ0n) is 10.5. The highest BCUT2D eigenvalue weighted by Crippen LogP contribution is 2.25. The van der Waals surface area contributed by atoms with Gasteiger partial charge in [-0.05, 0) is 44.1 Å². The van der Waals surface area contributed by atoms with Crippen LogP contribution in [-0.2, 0) is 6.54 Å². The molecule has 18 heavy (non-hydrogen) atoms. The first-order chi connectivity index (χ1) is 8.20. The van der Waals surface area contributed by atoms with Gasteiger partial charge in [-0.25, -0.2) is 0 Å². The monoisotopic (exact) mass is 308 g/mol. The summed E-state index contributed by atoms with van der Waals surface area (Å²) in [7, 11) is 2.01. The molecule has 0 spiro atoms. The molecule has 0 aliphatic carbocycles. The number of hydrogen-bond acceptors (Lipinski definition) is 2. The summed E-state index contributed by atoms with van der Waals surface area (Å²) in [5.74, 6) is 0. The Hall–Kier alpha value is 0.01000. The standard InChI is InChI=1S/C13H18Cl2N2.ClH/c1-16-8-12-3-2-6-17(12)9-10-4-5-11(14)7-13(10)15;/h4-5,7,12,16H,2-3,6,8-9H2,1H3;1H. The zero-order valence-corrected chi connectivity index (χ0v) is 12.8. The van der Waals surface area contributed by atoms with Crippen LogP contribution in [0, 0.1) is 0 Å². The Labute approximate surface area is 125 Å². The maximum atomic E-state index is 6.21. The van der Waals surface area contributed by atoms with Gasteiger partial charge in [-0.1, -0.05) is 29.3 Å². The fourth-order valence-corrected chi connectivity index (χ4v) is 2.91. The molecular weight excluding hydrogens is 291 g/mol. The van der Waals surface area contributed by atoms with E-state index in [-0.39, 0.29) is 12.4 Å². The molecule has 2 rings (SSSR count). The van der Waals surface area contributed by atoms with Gasteiger partial charge in [0, 0.05) is 29.2 Å². The lowest BCUT2D eigenvalue weighted by atomic mass is 10.2. The normalized spacial score (nSPS) is 19.8. The lowest BCUT2D eigenvalue weighted by Gasteiger charge is -2.24. The molecule has 2 nitrogen and oxygen atoms in total. The van der Waals surface area contributed by atoms with Gasteiger partial charge in [-0.2, -0.15) is 0 Å². The van der Waals surface area contributed by atoms with Gasteiger partial charge in [-0.3, -0.25) is 4.90 Å². The van der Waals surface area contributed by atoms with Crippen molar-refractivity contribution in [3.63, 3.8) is 0 Å². The first kappa shape index (κ1) is 16.1. The molecule has 1 unspecified atom stereocenters. The van der Waals surface area contributed by atoms with Crippen LogP contribution in [0.1, 0.15) is 18.4 Å². The average Bonchev–Trinajstić information content (AvgIpc) is 2.71. The second kappa shape index (κ2) is 7.56. The molecule has 5 heteroatoms. The van der Waals surface area contributed by atoms with E-state index in [9.17, 15) is 0 Å². The van der Waals surface area contributed by atoms with Crippen molar-refractivity contribution < 1.29 is 0 Å². The Morgan fingerprint density at radius 1 is 1.39 bits per heavy atom. The third-order valence-electron chi connectivity index (χ3n) is 3.33. The highest BCUT2D eigenvalue weighted by molar-refractivity contribution is 6.35. The number of likely N-dealkylation sites (N-methyl/N-ethyl adjacent to an activating group) is 1. The van der Waals surface area contributed by atoms with Gasteiger partial charge in [0.15, 0.2) is 0 Å². The van der Waals surface area contributed by atoms with E-state index < -0.39 is 0 Å². The van der Waals surface area contributed by atoms with Crippen molar-refractivity contribution >= 4 is 35.6 Å². The van der Waals surface area contributed by atoms with E-state index in [0.29, 0.717) is 11.1 Å². The molecule has 0 aromatic heterocycles. The van der Waals surface area contributed by atoms with Crippen molar-refractivity contribution in [3.8, 4) is 0 Å². The fraction of sp³-hybridized carbons (Fsp3) is 0.538. The summed E-state index contributed by atoms with van der Waals surface area (Å²) >= 11 is 12.1. The summed E-state index contributed by atoms with van der Waals surface area (Å²) < 4.78 is 0. The molecule has 1 N–H and O–H groups in total. The maximum Gasteiger partial charge on any atom is 0.0465 e. The van der Waals surface area contributed by atoms with Crippen LogP contribution in [0.15, 0.2) is 18.2 Å². The van der Waals surface area contributed by atoms with Gasteiger partial charge in [0.05, 0.1) is 0 Å². The van der Waals surface area contributed by atoms with E-state index in [1.807, 2.05) is 25.2 Å². The lowest BCUT2D eigenvalue weighted by molar-refractivity contribution is 0.242. The topological polar surface area (TPSA) is 15.3 Å². The van der Waals surface area contributed by atoms with Gasteiger partial charge in [0.25, 0.3) is 0 Å². The van der Waals surface area contributed by atoms with Crippen LogP contribution in [0.25, 0.3) is 0 Å². The summed E-state index contributed by atoms with van der Waals surface area (Å²) in [6.45, 7) is 3.12. The summed E-state index contributed by atoms with van der Waals surface area (Å²) in [5, 5.41) is 4.73. The van der Waals surface area contributed by atoms with E-state index in [0.717, 1.165) is 24.7 Å². The van der Waals surface area contributed by atoms with Crippen molar-refractivity contribution in [2.24, 2.45) is 0 Å². The predicted molar refractivity (Wildman–Crippen MR) is 81.1 cm³/mol. The minimum atomic E-state index is 0. The number of nitrogens with zero attached hydrogens (tertiary/aromatic N) is 1. The Morgan fingerprint density at radius 3 is 2.83 bits per heavy atom. The van der Waals surface area contributed by atoms with E-state index in [2.05, 4.69) is 10.2 Å². The first-order valence-corrected chi connectivity index (χ1v) is 6.79.